The van der Waals surface area contributed by atoms with Crippen molar-refractivity contribution in [3.8, 4) is 0 Å². The van der Waals surface area contributed by atoms with Crippen LogP contribution in [0.1, 0.15) is 63.0 Å². The summed E-state index contributed by atoms with van der Waals surface area (Å²) in [6.07, 6.45) is 5.19. The summed E-state index contributed by atoms with van der Waals surface area (Å²) in [6, 6.07) is 3.73. The van der Waals surface area contributed by atoms with Crippen molar-refractivity contribution < 1.29 is 9.59 Å². The van der Waals surface area contributed by atoms with Crippen molar-refractivity contribution in [1.29, 1.82) is 0 Å². The Balaban J connectivity index is 2.14. The van der Waals surface area contributed by atoms with E-state index in [-0.39, 0.29) is 17.0 Å². The number of hydrogen-bond donors (Lipinski definition) is 0. The number of rotatable bonds is 4. The van der Waals surface area contributed by atoms with Crippen LogP contribution in [0.15, 0.2) is 18.3 Å². The third-order valence-corrected chi connectivity index (χ3v) is 4.32. The molecular weight excluding hydrogens is 262 g/mol. The SMILES string of the molecule is CC(C)Cc1ccc(C(=O)C2CCCC(C)(C)C2=O)nc1. The molecule has 0 spiro atoms. The summed E-state index contributed by atoms with van der Waals surface area (Å²) in [5.74, 6) is 0.0296. The van der Waals surface area contributed by atoms with Gasteiger partial charge in [0.1, 0.15) is 11.5 Å². The molecule has 1 atom stereocenters. The summed E-state index contributed by atoms with van der Waals surface area (Å²) >= 11 is 0. The number of carbonyl (C=O) groups is 2. The van der Waals surface area contributed by atoms with Crippen LogP contribution >= 0.6 is 0 Å². The van der Waals surface area contributed by atoms with Crippen LogP contribution in [0.3, 0.4) is 0 Å². The second kappa shape index (κ2) is 6.08. The van der Waals surface area contributed by atoms with Crippen molar-refractivity contribution in [2.75, 3.05) is 0 Å². The number of ketones is 2. The van der Waals surface area contributed by atoms with E-state index >= 15 is 0 Å². The van der Waals surface area contributed by atoms with Crippen LogP contribution in [0, 0.1) is 17.3 Å². The zero-order chi connectivity index (χ0) is 15.6. The van der Waals surface area contributed by atoms with Gasteiger partial charge in [0.2, 0.25) is 0 Å². The molecule has 0 radical (unpaired) electrons. The molecule has 114 valence electrons. The Bertz CT molecular complexity index is 529. The Morgan fingerprint density at radius 1 is 1.38 bits per heavy atom. The Hall–Kier alpha value is -1.51. The van der Waals surface area contributed by atoms with E-state index in [4.69, 9.17) is 0 Å². The molecular formula is C18H25NO2. The standard InChI is InChI=1S/C18H25NO2/c1-12(2)10-13-7-8-15(19-11-13)16(20)14-6-5-9-18(3,4)17(14)21/h7-8,11-12,14H,5-6,9-10H2,1-4H3. The molecule has 1 fully saturated rings. The highest BCUT2D eigenvalue weighted by molar-refractivity contribution is 6.11. The molecule has 1 heterocycles. The highest BCUT2D eigenvalue weighted by Crippen LogP contribution is 2.36. The Kier molecular flexibility index (Phi) is 4.60. The first-order valence-corrected chi connectivity index (χ1v) is 7.85. The average Bonchev–Trinajstić information content (AvgIpc) is 2.41. The van der Waals surface area contributed by atoms with Crippen molar-refractivity contribution in [1.82, 2.24) is 4.98 Å². The molecule has 3 nitrogen and oxygen atoms in total. The minimum Gasteiger partial charge on any atom is -0.298 e. The van der Waals surface area contributed by atoms with Gasteiger partial charge in [0.15, 0.2) is 5.78 Å². The van der Waals surface area contributed by atoms with Crippen LogP contribution < -0.4 is 0 Å². The van der Waals surface area contributed by atoms with Gasteiger partial charge in [-0.1, -0.05) is 40.2 Å². The maximum absolute atomic E-state index is 12.5. The monoisotopic (exact) mass is 287 g/mol. The molecule has 1 aromatic heterocycles. The van der Waals surface area contributed by atoms with Crippen LogP contribution in [0.5, 0.6) is 0 Å². The third kappa shape index (κ3) is 3.58. The fourth-order valence-corrected chi connectivity index (χ4v) is 3.07. The van der Waals surface area contributed by atoms with Gasteiger partial charge in [-0.25, -0.2) is 0 Å². The lowest BCUT2D eigenvalue weighted by atomic mass is 9.69. The number of nitrogens with zero attached hydrogens (tertiary/aromatic N) is 1. The zero-order valence-electron chi connectivity index (χ0n) is 13.5. The van der Waals surface area contributed by atoms with Gasteiger partial charge in [-0.05, 0) is 36.8 Å². The third-order valence-electron chi connectivity index (χ3n) is 4.32. The first kappa shape index (κ1) is 15.9. The molecule has 1 aliphatic carbocycles. The normalized spacial score (nSPS) is 21.6. The van der Waals surface area contributed by atoms with Gasteiger partial charge >= 0.3 is 0 Å². The van der Waals surface area contributed by atoms with Gasteiger partial charge in [0, 0.05) is 11.6 Å². The van der Waals surface area contributed by atoms with E-state index < -0.39 is 5.92 Å². The second-order valence-electron chi connectivity index (χ2n) is 7.21. The minimum absolute atomic E-state index is 0.0757. The smallest absolute Gasteiger partial charge is 0.191 e. The van der Waals surface area contributed by atoms with Gasteiger partial charge in [-0.2, -0.15) is 0 Å². The molecule has 1 saturated carbocycles. The van der Waals surface area contributed by atoms with Gasteiger partial charge < -0.3 is 0 Å². The molecule has 0 aromatic carbocycles. The van der Waals surface area contributed by atoms with Crippen molar-refractivity contribution in [2.24, 2.45) is 17.3 Å². The van der Waals surface area contributed by atoms with Crippen LogP contribution in [0.25, 0.3) is 0 Å². The highest BCUT2D eigenvalue weighted by Gasteiger charge is 2.41. The first-order chi connectivity index (χ1) is 9.81. The molecule has 0 bridgehead atoms. The highest BCUT2D eigenvalue weighted by atomic mass is 16.2. The Labute approximate surface area is 127 Å². The summed E-state index contributed by atoms with van der Waals surface area (Å²) in [6.45, 7) is 8.19. The van der Waals surface area contributed by atoms with Gasteiger partial charge in [0.05, 0.1) is 5.92 Å². The van der Waals surface area contributed by atoms with Gasteiger partial charge in [0.25, 0.3) is 0 Å². The lowest BCUT2D eigenvalue weighted by Gasteiger charge is -2.32. The summed E-state index contributed by atoms with van der Waals surface area (Å²) in [5.41, 5.74) is 1.19. The van der Waals surface area contributed by atoms with Crippen LogP contribution in [0.2, 0.25) is 0 Å². The summed E-state index contributed by atoms with van der Waals surface area (Å²) in [7, 11) is 0. The molecule has 1 aliphatic rings. The number of Topliss-reactive ketones (excluding diaryl/α,β-unsaturated/α-hetero) is 2. The van der Waals surface area contributed by atoms with Crippen LogP contribution in [0.4, 0.5) is 0 Å². The molecule has 0 saturated heterocycles. The maximum atomic E-state index is 12.5. The lowest BCUT2D eigenvalue weighted by molar-refractivity contribution is -0.132. The van der Waals surface area contributed by atoms with Gasteiger partial charge in [-0.15, -0.1) is 0 Å². The van der Waals surface area contributed by atoms with Crippen molar-refractivity contribution in [3.05, 3.63) is 29.6 Å². The lowest BCUT2D eigenvalue weighted by Crippen LogP contribution is -2.39. The summed E-state index contributed by atoms with van der Waals surface area (Å²) < 4.78 is 0. The molecule has 1 aromatic rings. The quantitative estimate of drug-likeness (QED) is 0.624. The van der Waals surface area contributed by atoms with Crippen LogP contribution in [-0.2, 0) is 11.2 Å². The predicted octanol–water partition coefficient (Wildman–Crippen LogP) is 3.86. The van der Waals surface area contributed by atoms with E-state index in [1.165, 1.54) is 0 Å². The minimum atomic E-state index is -0.503. The van der Waals surface area contributed by atoms with Crippen molar-refractivity contribution in [3.63, 3.8) is 0 Å². The molecule has 2 rings (SSSR count). The van der Waals surface area contributed by atoms with E-state index in [2.05, 4.69) is 18.8 Å². The van der Waals surface area contributed by atoms with E-state index in [1.807, 2.05) is 19.9 Å². The molecule has 0 amide bonds. The largest absolute Gasteiger partial charge is 0.298 e. The number of hydrogen-bond acceptors (Lipinski definition) is 3. The van der Waals surface area contributed by atoms with E-state index in [1.54, 1.807) is 12.3 Å². The fourth-order valence-electron chi connectivity index (χ4n) is 3.07. The van der Waals surface area contributed by atoms with Gasteiger partial charge in [-0.3, -0.25) is 14.6 Å². The van der Waals surface area contributed by atoms with E-state index in [0.717, 1.165) is 24.8 Å². The molecule has 3 heteroatoms. The fraction of sp³-hybridized carbons (Fsp3) is 0.611. The molecule has 1 unspecified atom stereocenters. The number of carbonyl (C=O) groups excluding carboxylic acids is 2. The van der Waals surface area contributed by atoms with Crippen molar-refractivity contribution >= 4 is 11.6 Å². The van der Waals surface area contributed by atoms with Crippen LogP contribution in [-0.4, -0.2) is 16.6 Å². The zero-order valence-corrected chi connectivity index (χ0v) is 13.5. The second-order valence-corrected chi connectivity index (χ2v) is 7.21. The average molecular weight is 287 g/mol. The predicted molar refractivity (Wildman–Crippen MR) is 83.2 cm³/mol. The molecule has 21 heavy (non-hydrogen) atoms. The Morgan fingerprint density at radius 2 is 2.10 bits per heavy atom. The molecule has 0 aliphatic heterocycles. The van der Waals surface area contributed by atoms with E-state index in [0.29, 0.717) is 18.0 Å². The molecule has 0 N–H and O–H groups in total. The summed E-state index contributed by atoms with van der Waals surface area (Å²) in [5, 5.41) is 0. The number of pyridine rings is 1. The Morgan fingerprint density at radius 3 is 2.67 bits per heavy atom. The number of aromatic nitrogens is 1. The van der Waals surface area contributed by atoms with E-state index in [9.17, 15) is 9.59 Å². The first-order valence-electron chi connectivity index (χ1n) is 7.85. The van der Waals surface area contributed by atoms with Crippen molar-refractivity contribution in [2.45, 2.75) is 53.4 Å². The maximum Gasteiger partial charge on any atom is 0.191 e. The topological polar surface area (TPSA) is 47.0 Å². The summed E-state index contributed by atoms with van der Waals surface area (Å²) in [4.78, 5) is 29.3.